The van der Waals surface area contributed by atoms with E-state index in [1.807, 2.05) is 43.5 Å². The highest BCUT2D eigenvalue weighted by Crippen LogP contribution is 2.15. The van der Waals surface area contributed by atoms with Gasteiger partial charge >= 0.3 is 0 Å². The van der Waals surface area contributed by atoms with Crippen molar-refractivity contribution in [2.75, 3.05) is 6.26 Å². The maximum absolute atomic E-state index is 12.2. The van der Waals surface area contributed by atoms with Crippen LogP contribution < -0.4 is 5.56 Å². The number of aryl methyl sites for hydroxylation is 1. The minimum atomic E-state index is -0.329. The van der Waals surface area contributed by atoms with Crippen LogP contribution in [0.2, 0.25) is 0 Å². The summed E-state index contributed by atoms with van der Waals surface area (Å²) < 4.78 is 1.36. The van der Waals surface area contributed by atoms with Crippen molar-refractivity contribution in [3.63, 3.8) is 0 Å². The molecule has 0 aliphatic rings. The molecule has 2 aromatic rings. The summed E-state index contributed by atoms with van der Waals surface area (Å²) in [5.41, 5.74) is 2.21. The van der Waals surface area contributed by atoms with Crippen LogP contribution in [-0.4, -0.2) is 16.0 Å². The largest absolute Gasteiger partial charge is 0.285 e. The first-order chi connectivity index (χ1) is 9.56. The molecular formula is C15H15N3OS. The van der Waals surface area contributed by atoms with Crippen LogP contribution in [0.15, 0.2) is 34.0 Å². The van der Waals surface area contributed by atoms with Gasteiger partial charge in [-0.05, 0) is 43.4 Å². The molecule has 0 saturated carbocycles. The van der Waals surface area contributed by atoms with Crippen molar-refractivity contribution < 1.29 is 0 Å². The maximum atomic E-state index is 12.2. The lowest BCUT2D eigenvalue weighted by atomic mass is 10.1. The Bertz CT molecular complexity index is 727. The van der Waals surface area contributed by atoms with Gasteiger partial charge in [0.15, 0.2) is 0 Å². The van der Waals surface area contributed by atoms with E-state index in [9.17, 15) is 4.79 Å². The summed E-state index contributed by atoms with van der Waals surface area (Å²) in [6.07, 6.45) is 2.02. The summed E-state index contributed by atoms with van der Waals surface area (Å²) in [7, 11) is 0. The van der Waals surface area contributed by atoms with Crippen LogP contribution in [-0.2, 0) is 6.54 Å². The molecule has 20 heavy (non-hydrogen) atoms. The Morgan fingerprint density at radius 2 is 1.95 bits per heavy atom. The van der Waals surface area contributed by atoms with Crippen molar-refractivity contribution >= 4 is 11.8 Å². The third-order valence-corrected chi connectivity index (χ3v) is 3.98. The average molecular weight is 285 g/mol. The quantitative estimate of drug-likeness (QED) is 0.813. The fourth-order valence-electron chi connectivity index (χ4n) is 1.91. The Labute approximate surface area is 122 Å². The number of thioether (sulfide) groups is 1. The predicted molar refractivity (Wildman–Crippen MR) is 80.0 cm³/mol. The molecule has 0 fully saturated rings. The molecule has 0 amide bonds. The summed E-state index contributed by atoms with van der Waals surface area (Å²) in [5, 5.41) is 13.4. The number of rotatable bonds is 3. The molecule has 0 atom stereocenters. The molecule has 0 unspecified atom stereocenters. The SMILES string of the molecule is CSc1ccc(Cn2nc(C)c(C)c(C#N)c2=O)cc1. The standard InChI is InChI=1S/C15H15N3OS/c1-10-11(2)17-18(15(19)14(10)8-16)9-12-4-6-13(20-3)7-5-12/h4-7H,9H2,1-3H3. The Balaban J connectivity index is 2.41. The van der Waals surface area contributed by atoms with Crippen LogP contribution in [0.25, 0.3) is 0 Å². The molecule has 0 saturated heterocycles. The van der Waals surface area contributed by atoms with Gasteiger partial charge in [0.2, 0.25) is 0 Å². The topological polar surface area (TPSA) is 58.7 Å². The first kappa shape index (κ1) is 14.4. The highest BCUT2D eigenvalue weighted by Gasteiger charge is 2.11. The minimum Gasteiger partial charge on any atom is -0.266 e. The Kier molecular flexibility index (Phi) is 4.26. The maximum Gasteiger partial charge on any atom is 0.285 e. The van der Waals surface area contributed by atoms with Gasteiger partial charge < -0.3 is 0 Å². The molecule has 1 heterocycles. The smallest absolute Gasteiger partial charge is 0.266 e. The lowest BCUT2D eigenvalue weighted by Crippen LogP contribution is -2.27. The fourth-order valence-corrected chi connectivity index (χ4v) is 2.32. The minimum absolute atomic E-state index is 0.179. The van der Waals surface area contributed by atoms with E-state index >= 15 is 0 Å². The van der Waals surface area contributed by atoms with E-state index in [0.29, 0.717) is 17.8 Å². The normalized spacial score (nSPS) is 10.3. The molecule has 0 spiro atoms. The van der Waals surface area contributed by atoms with Gasteiger partial charge in [-0.25, -0.2) is 4.68 Å². The Morgan fingerprint density at radius 3 is 2.50 bits per heavy atom. The molecule has 0 aliphatic heterocycles. The van der Waals surface area contributed by atoms with Gasteiger partial charge in [-0.3, -0.25) is 4.79 Å². The van der Waals surface area contributed by atoms with Crippen molar-refractivity contribution in [3.8, 4) is 6.07 Å². The van der Waals surface area contributed by atoms with Crippen LogP contribution in [0.1, 0.15) is 22.4 Å². The van der Waals surface area contributed by atoms with E-state index in [1.54, 1.807) is 18.7 Å². The van der Waals surface area contributed by atoms with Crippen molar-refractivity contribution in [1.29, 1.82) is 5.26 Å². The predicted octanol–water partition coefficient (Wildman–Crippen LogP) is 2.50. The fraction of sp³-hybridized carbons (Fsp3) is 0.267. The zero-order chi connectivity index (χ0) is 14.7. The van der Waals surface area contributed by atoms with Gasteiger partial charge in [-0.15, -0.1) is 11.8 Å². The molecule has 1 aromatic heterocycles. The van der Waals surface area contributed by atoms with Crippen LogP contribution >= 0.6 is 11.8 Å². The monoisotopic (exact) mass is 285 g/mol. The Morgan fingerprint density at radius 1 is 1.30 bits per heavy atom. The van der Waals surface area contributed by atoms with E-state index < -0.39 is 0 Å². The highest BCUT2D eigenvalue weighted by molar-refractivity contribution is 7.98. The van der Waals surface area contributed by atoms with Gasteiger partial charge in [0, 0.05) is 4.90 Å². The lowest BCUT2D eigenvalue weighted by Gasteiger charge is -2.09. The molecule has 0 aliphatic carbocycles. The Hall–Kier alpha value is -2.06. The molecule has 2 rings (SSSR count). The van der Waals surface area contributed by atoms with E-state index in [1.165, 1.54) is 9.58 Å². The van der Waals surface area contributed by atoms with Gasteiger partial charge in [-0.2, -0.15) is 10.4 Å². The zero-order valence-electron chi connectivity index (χ0n) is 11.7. The number of hydrogen-bond donors (Lipinski definition) is 0. The third kappa shape index (κ3) is 2.75. The molecule has 0 radical (unpaired) electrons. The van der Waals surface area contributed by atoms with Gasteiger partial charge in [-0.1, -0.05) is 12.1 Å². The van der Waals surface area contributed by atoms with Crippen LogP contribution in [0.4, 0.5) is 0 Å². The summed E-state index contributed by atoms with van der Waals surface area (Å²) in [4.78, 5) is 13.3. The average Bonchev–Trinajstić information content (AvgIpc) is 2.46. The van der Waals surface area contributed by atoms with Gasteiger partial charge in [0.05, 0.1) is 12.2 Å². The van der Waals surface area contributed by atoms with Gasteiger partial charge in [0.1, 0.15) is 11.6 Å². The summed E-state index contributed by atoms with van der Waals surface area (Å²) in [6.45, 7) is 3.94. The second-order valence-corrected chi connectivity index (χ2v) is 5.39. The number of benzene rings is 1. The molecule has 102 valence electrons. The van der Waals surface area contributed by atoms with E-state index in [-0.39, 0.29) is 11.1 Å². The van der Waals surface area contributed by atoms with E-state index in [2.05, 4.69) is 5.10 Å². The first-order valence-electron chi connectivity index (χ1n) is 6.18. The van der Waals surface area contributed by atoms with Crippen molar-refractivity contribution in [1.82, 2.24) is 9.78 Å². The zero-order valence-corrected chi connectivity index (χ0v) is 12.5. The summed E-state index contributed by atoms with van der Waals surface area (Å²) in [6, 6.07) is 9.94. The number of nitriles is 1. The number of nitrogens with zero attached hydrogens (tertiary/aromatic N) is 3. The highest BCUT2D eigenvalue weighted by atomic mass is 32.2. The van der Waals surface area contributed by atoms with Gasteiger partial charge in [0.25, 0.3) is 5.56 Å². The second-order valence-electron chi connectivity index (χ2n) is 4.51. The van der Waals surface area contributed by atoms with Crippen molar-refractivity contribution in [2.45, 2.75) is 25.3 Å². The molecule has 0 N–H and O–H groups in total. The molecule has 1 aromatic carbocycles. The van der Waals surface area contributed by atoms with E-state index in [4.69, 9.17) is 5.26 Å². The third-order valence-electron chi connectivity index (χ3n) is 3.24. The second kappa shape index (κ2) is 5.93. The van der Waals surface area contributed by atoms with Crippen molar-refractivity contribution in [2.24, 2.45) is 0 Å². The first-order valence-corrected chi connectivity index (χ1v) is 7.40. The molecule has 5 heteroatoms. The van der Waals surface area contributed by atoms with Crippen LogP contribution in [0.5, 0.6) is 0 Å². The number of hydrogen-bond acceptors (Lipinski definition) is 4. The molecular weight excluding hydrogens is 270 g/mol. The van der Waals surface area contributed by atoms with Crippen LogP contribution in [0.3, 0.4) is 0 Å². The van der Waals surface area contributed by atoms with E-state index in [0.717, 1.165) is 5.56 Å². The van der Waals surface area contributed by atoms with Crippen molar-refractivity contribution in [3.05, 3.63) is 57.0 Å². The lowest BCUT2D eigenvalue weighted by molar-refractivity contribution is 0.622. The summed E-state index contributed by atoms with van der Waals surface area (Å²) in [5.74, 6) is 0. The van der Waals surface area contributed by atoms with Crippen LogP contribution in [0, 0.1) is 25.2 Å². The molecule has 0 bridgehead atoms. The summed E-state index contributed by atoms with van der Waals surface area (Å²) >= 11 is 1.67. The number of aromatic nitrogens is 2. The molecule has 4 nitrogen and oxygen atoms in total.